The number of nitrogens with zero attached hydrogens (tertiary/aromatic N) is 1. The second kappa shape index (κ2) is 7.16. The van der Waals surface area contributed by atoms with E-state index in [-0.39, 0.29) is 17.7 Å². The van der Waals surface area contributed by atoms with Gasteiger partial charge in [-0.2, -0.15) is 0 Å². The number of amides is 3. The second-order valence-electron chi connectivity index (χ2n) is 6.88. The van der Waals surface area contributed by atoms with Crippen LogP contribution in [0.3, 0.4) is 0 Å². The molecule has 2 aliphatic rings. The predicted octanol–water partition coefficient (Wildman–Crippen LogP) is 2.52. The normalized spacial score (nSPS) is 21.6. The fraction of sp³-hybridized carbons (Fsp3) is 0.526. The van der Waals surface area contributed by atoms with Gasteiger partial charge in [0.1, 0.15) is 0 Å². The number of rotatable bonds is 1. The summed E-state index contributed by atoms with van der Waals surface area (Å²) >= 11 is 0. The minimum absolute atomic E-state index is 0.0621. The number of imide groups is 1. The van der Waals surface area contributed by atoms with Gasteiger partial charge in [-0.05, 0) is 50.7 Å². The molecule has 1 N–H and O–H groups in total. The van der Waals surface area contributed by atoms with Gasteiger partial charge in [0, 0.05) is 30.5 Å². The Morgan fingerprint density at radius 3 is 2.25 bits per heavy atom. The van der Waals surface area contributed by atoms with Crippen molar-refractivity contribution >= 4 is 17.7 Å². The van der Waals surface area contributed by atoms with Gasteiger partial charge in [0.05, 0.1) is 0 Å². The molecule has 2 saturated heterocycles. The molecule has 5 heteroatoms. The molecule has 2 aliphatic heterocycles. The van der Waals surface area contributed by atoms with Crippen LogP contribution in [0, 0.1) is 5.41 Å². The van der Waals surface area contributed by atoms with E-state index in [0.29, 0.717) is 25.1 Å². The highest BCUT2D eigenvalue weighted by Crippen LogP contribution is 2.38. The highest BCUT2D eigenvalue weighted by atomic mass is 16.2. The van der Waals surface area contributed by atoms with E-state index in [1.165, 1.54) is 0 Å². The van der Waals surface area contributed by atoms with Crippen LogP contribution in [0.25, 0.3) is 0 Å². The first kappa shape index (κ1) is 16.7. The average Bonchev–Trinajstić information content (AvgIpc) is 2.70. The minimum Gasteiger partial charge on any atom is -0.339 e. The molecule has 2 fully saturated rings. The van der Waals surface area contributed by atoms with Crippen LogP contribution < -0.4 is 5.32 Å². The quantitative estimate of drug-likeness (QED) is 0.806. The molecular formula is C19H24N2O3. The summed E-state index contributed by atoms with van der Waals surface area (Å²) < 4.78 is 0. The highest BCUT2D eigenvalue weighted by Gasteiger charge is 2.40. The van der Waals surface area contributed by atoms with E-state index >= 15 is 0 Å². The number of hydrogen-bond acceptors (Lipinski definition) is 3. The second-order valence-corrected chi connectivity index (χ2v) is 6.88. The van der Waals surface area contributed by atoms with Crippen LogP contribution in [0.5, 0.6) is 0 Å². The lowest BCUT2D eigenvalue weighted by molar-refractivity contribution is -0.136. The van der Waals surface area contributed by atoms with Crippen LogP contribution in [0.1, 0.15) is 55.3 Å². The Bertz CT molecular complexity index is 617. The van der Waals surface area contributed by atoms with E-state index < -0.39 is 5.41 Å². The van der Waals surface area contributed by atoms with Crippen LogP contribution in [-0.2, 0) is 9.59 Å². The molecule has 0 bridgehead atoms. The van der Waals surface area contributed by atoms with Gasteiger partial charge in [0.25, 0.3) is 5.91 Å². The summed E-state index contributed by atoms with van der Waals surface area (Å²) in [5.41, 5.74) is 0.291. The van der Waals surface area contributed by atoms with E-state index in [0.717, 1.165) is 38.5 Å². The zero-order valence-electron chi connectivity index (χ0n) is 13.9. The third kappa shape index (κ3) is 3.50. The molecule has 128 valence electrons. The Labute approximate surface area is 142 Å². The first-order valence-corrected chi connectivity index (χ1v) is 8.79. The number of carbonyl (C=O) groups is 3. The molecule has 0 radical (unpaired) electrons. The van der Waals surface area contributed by atoms with Gasteiger partial charge in [-0.3, -0.25) is 19.7 Å². The molecule has 5 nitrogen and oxygen atoms in total. The molecule has 3 rings (SSSR count). The third-order valence-corrected chi connectivity index (χ3v) is 5.27. The van der Waals surface area contributed by atoms with Crippen LogP contribution in [-0.4, -0.2) is 35.7 Å². The molecule has 1 spiro atoms. The fourth-order valence-electron chi connectivity index (χ4n) is 3.92. The molecular weight excluding hydrogens is 304 g/mol. The Hall–Kier alpha value is -2.17. The van der Waals surface area contributed by atoms with Gasteiger partial charge < -0.3 is 4.90 Å². The lowest BCUT2D eigenvalue weighted by atomic mass is 9.74. The van der Waals surface area contributed by atoms with E-state index in [1.807, 2.05) is 35.2 Å². The molecule has 24 heavy (non-hydrogen) atoms. The summed E-state index contributed by atoms with van der Waals surface area (Å²) in [5.74, 6) is -0.195. The van der Waals surface area contributed by atoms with Crippen molar-refractivity contribution in [2.45, 2.75) is 44.9 Å². The van der Waals surface area contributed by atoms with Gasteiger partial charge in [0.2, 0.25) is 11.8 Å². The Morgan fingerprint density at radius 2 is 1.58 bits per heavy atom. The van der Waals surface area contributed by atoms with Crippen molar-refractivity contribution in [3.8, 4) is 0 Å². The molecule has 0 aliphatic carbocycles. The number of likely N-dealkylation sites (tertiary alicyclic amines) is 1. The molecule has 0 saturated carbocycles. The molecule has 0 unspecified atom stereocenters. The standard InChI is InChI=1S/C19H24N2O3/c22-16-9-4-10-19(18(24)20-16)11-5-13-21(14-6-12-19)17(23)15-7-2-1-3-8-15/h1-3,7-8H,4-6,9-14H2,(H,20,22,24). The lowest BCUT2D eigenvalue weighted by Gasteiger charge is -2.35. The maximum absolute atomic E-state index is 12.6. The van der Waals surface area contributed by atoms with E-state index in [9.17, 15) is 14.4 Å². The van der Waals surface area contributed by atoms with Crippen molar-refractivity contribution < 1.29 is 14.4 Å². The molecule has 0 aromatic heterocycles. The minimum atomic E-state index is -0.423. The van der Waals surface area contributed by atoms with Gasteiger partial charge in [0.15, 0.2) is 0 Å². The molecule has 0 atom stereocenters. The highest BCUT2D eigenvalue weighted by molar-refractivity contribution is 5.99. The SMILES string of the molecule is O=C1CCCC2(CCCN(C(=O)c3ccccc3)CCC2)C(=O)N1. The number of benzene rings is 1. The summed E-state index contributed by atoms with van der Waals surface area (Å²) in [7, 11) is 0. The predicted molar refractivity (Wildman–Crippen MR) is 90.2 cm³/mol. The Balaban J connectivity index is 1.66. The van der Waals surface area contributed by atoms with Crippen molar-refractivity contribution in [1.82, 2.24) is 10.2 Å². The summed E-state index contributed by atoms with van der Waals surface area (Å²) in [4.78, 5) is 38.6. The van der Waals surface area contributed by atoms with E-state index in [4.69, 9.17) is 0 Å². The summed E-state index contributed by atoms with van der Waals surface area (Å²) in [5, 5.41) is 2.55. The number of hydrogen-bond donors (Lipinski definition) is 1. The van der Waals surface area contributed by atoms with Crippen LogP contribution >= 0.6 is 0 Å². The zero-order valence-corrected chi connectivity index (χ0v) is 13.9. The van der Waals surface area contributed by atoms with Crippen LogP contribution in [0.4, 0.5) is 0 Å². The smallest absolute Gasteiger partial charge is 0.253 e. The fourth-order valence-corrected chi connectivity index (χ4v) is 3.92. The monoisotopic (exact) mass is 328 g/mol. The first-order chi connectivity index (χ1) is 11.6. The van der Waals surface area contributed by atoms with Crippen molar-refractivity contribution in [3.63, 3.8) is 0 Å². The van der Waals surface area contributed by atoms with Gasteiger partial charge >= 0.3 is 0 Å². The molecule has 1 aromatic carbocycles. The molecule has 3 amide bonds. The summed E-state index contributed by atoms with van der Waals surface area (Å²) in [6.07, 6.45) is 5.04. The Morgan fingerprint density at radius 1 is 0.958 bits per heavy atom. The lowest BCUT2D eigenvalue weighted by Crippen LogP contribution is -2.44. The van der Waals surface area contributed by atoms with E-state index in [2.05, 4.69) is 5.32 Å². The zero-order chi connectivity index (χ0) is 17.0. The van der Waals surface area contributed by atoms with Crippen molar-refractivity contribution in [1.29, 1.82) is 0 Å². The van der Waals surface area contributed by atoms with Crippen molar-refractivity contribution in [3.05, 3.63) is 35.9 Å². The Kier molecular flexibility index (Phi) is 4.97. The first-order valence-electron chi connectivity index (χ1n) is 8.79. The average molecular weight is 328 g/mol. The van der Waals surface area contributed by atoms with E-state index in [1.54, 1.807) is 0 Å². The molecule has 2 heterocycles. The van der Waals surface area contributed by atoms with Crippen molar-refractivity contribution in [2.75, 3.05) is 13.1 Å². The van der Waals surface area contributed by atoms with Gasteiger partial charge in [-0.25, -0.2) is 0 Å². The number of carbonyl (C=O) groups excluding carboxylic acids is 3. The largest absolute Gasteiger partial charge is 0.339 e. The van der Waals surface area contributed by atoms with Gasteiger partial charge in [-0.15, -0.1) is 0 Å². The maximum atomic E-state index is 12.6. The number of nitrogens with one attached hydrogen (secondary N) is 1. The van der Waals surface area contributed by atoms with Crippen molar-refractivity contribution in [2.24, 2.45) is 5.41 Å². The topological polar surface area (TPSA) is 66.5 Å². The molecule has 1 aromatic rings. The third-order valence-electron chi connectivity index (χ3n) is 5.27. The van der Waals surface area contributed by atoms with Gasteiger partial charge in [-0.1, -0.05) is 18.2 Å². The maximum Gasteiger partial charge on any atom is 0.253 e. The summed E-state index contributed by atoms with van der Waals surface area (Å²) in [6.45, 7) is 1.33. The van der Waals surface area contributed by atoms with Crippen LogP contribution in [0.2, 0.25) is 0 Å². The van der Waals surface area contributed by atoms with Crippen LogP contribution in [0.15, 0.2) is 30.3 Å². The summed E-state index contributed by atoms with van der Waals surface area (Å²) in [6, 6.07) is 9.33.